The Morgan fingerprint density at radius 2 is 1.25 bits per heavy atom. The fraction of sp³-hybridized carbons (Fsp3) is 0.286. The van der Waals surface area contributed by atoms with Crippen molar-refractivity contribution in [3.63, 3.8) is 0 Å². The minimum Gasteiger partial charge on any atom is -0.462 e. The van der Waals surface area contributed by atoms with Crippen molar-refractivity contribution in [3.8, 4) is 0 Å². The van der Waals surface area contributed by atoms with E-state index >= 15 is 0 Å². The van der Waals surface area contributed by atoms with Gasteiger partial charge in [0.25, 0.3) is 0 Å². The first-order valence-electron chi connectivity index (χ1n) is 9.23. The molecule has 0 aliphatic carbocycles. The summed E-state index contributed by atoms with van der Waals surface area (Å²) in [6.45, 7) is 7.93. The number of carbonyl (C=O) groups excluding carboxylic acids is 3. The number of hydrogen-bond acceptors (Lipinski definition) is 5. The molecule has 0 aliphatic rings. The number of hydrogen-bond donors (Lipinski definition) is 2. The number of benzene rings is 2. The van der Waals surface area contributed by atoms with Crippen molar-refractivity contribution in [2.24, 2.45) is 0 Å². The lowest BCUT2D eigenvalue weighted by Crippen LogP contribution is -2.29. The smallest absolute Gasteiger partial charge is 0.338 e. The Labute approximate surface area is 164 Å². The van der Waals surface area contributed by atoms with Gasteiger partial charge in [0, 0.05) is 30.2 Å². The lowest BCUT2D eigenvalue weighted by Gasteiger charge is -2.21. The minimum absolute atomic E-state index is 0.285. The molecule has 2 aromatic rings. The number of esters is 1. The zero-order valence-electron chi connectivity index (χ0n) is 16.3. The number of nitrogens with zero attached hydrogens (tertiary/aromatic N) is 1. The van der Waals surface area contributed by atoms with Crippen LogP contribution in [-0.4, -0.2) is 37.5 Å². The van der Waals surface area contributed by atoms with Crippen LogP contribution in [-0.2, 0) is 14.3 Å². The van der Waals surface area contributed by atoms with Crippen molar-refractivity contribution in [3.05, 3.63) is 54.1 Å². The Morgan fingerprint density at radius 1 is 0.786 bits per heavy atom. The predicted octanol–water partition coefficient (Wildman–Crippen LogP) is 3.29. The molecule has 0 aromatic heterocycles. The summed E-state index contributed by atoms with van der Waals surface area (Å²) in [5.74, 6) is -2.01. The van der Waals surface area contributed by atoms with Crippen LogP contribution in [0.2, 0.25) is 0 Å². The monoisotopic (exact) mass is 383 g/mol. The van der Waals surface area contributed by atoms with Gasteiger partial charge in [0.2, 0.25) is 0 Å². The van der Waals surface area contributed by atoms with Crippen LogP contribution in [0.25, 0.3) is 0 Å². The predicted molar refractivity (Wildman–Crippen MR) is 110 cm³/mol. The van der Waals surface area contributed by atoms with Crippen molar-refractivity contribution in [2.45, 2.75) is 20.8 Å². The van der Waals surface area contributed by atoms with Crippen LogP contribution in [0.5, 0.6) is 0 Å². The van der Waals surface area contributed by atoms with E-state index in [0.717, 1.165) is 18.8 Å². The molecule has 0 atom stereocenters. The van der Waals surface area contributed by atoms with Gasteiger partial charge >= 0.3 is 17.8 Å². The Balaban J connectivity index is 1.94. The molecule has 0 saturated carbocycles. The Hall–Kier alpha value is -3.35. The van der Waals surface area contributed by atoms with Crippen molar-refractivity contribution in [1.29, 1.82) is 0 Å². The number of ether oxygens (including phenoxy) is 1. The largest absolute Gasteiger partial charge is 0.462 e. The molecule has 148 valence electrons. The third-order valence-electron chi connectivity index (χ3n) is 4.11. The van der Waals surface area contributed by atoms with Crippen molar-refractivity contribution >= 4 is 34.8 Å². The van der Waals surface area contributed by atoms with E-state index in [1.54, 1.807) is 19.1 Å². The van der Waals surface area contributed by atoms with Gasteiger partial charge in [-0.3, -0.25) is 9.59 Å². The summed E-state index contributed by atoms with van der Waals surface area (Å²) >= 11 is 0. The van der Waals surface area contributed by atoms with Gasteiger partial charge in [-0.2, -0.15) is 0 Å². The number of nitrogens with one attached hydrogen (secondary N) is 2. The van der Waals surface area contributed by atoms with Crippen LogP contribution in [0.3, 0.4) is 0 Å². The zero-order valence-corrected chi connectivity index (χ0v) is 16.3. The summed E-state index contributed by atoms with van der Waals surface area (Å²) in [4.78, 5) is 38.0. The maximum absolute atomic E-state index is 12.1. The lowest BCUT2D eigenvalue weighted by molar-refractivity contribution is -0.132. The molecule has 2 N–H and O–H groups in total. The topological polar surface area (TPSA) is 87.7 Å². The van der Waals surface area contributed by atoms with Crippen LogP contribution in [0.1, 0.15) is 31.1 Å². The first-order chi connectivity index (χ1) is 13.5. The van der Waals surface area contributed by atoms with E-state index < -0.39 is 17.8 Å². The van der Waals surface area contributed by atoms with E-state index in [-0.39, 0.29) is 6.61 Å². The van der Waals surface area contributed by atoms with Crippen molar-refractivity contribution in [2.75, 3.05) is 35.2 Å². The third kappa shape index (κ3) is 5.57. The molecule has 7 heteroatoms. The summed E-state index contributed by atoms with van der Waals surface area (Å²) in [6.07, 6.45) is 0. The van der Waals surface area contributed by atoms with E-state index in [1.165, 1.54) is 24.3 Å². The Bertz CT molecular complexity index is 813. The highest BCUT2D eigenvalue weighted by atomic mass is 16.5. The van der Waals surface area contributed by atoms with Crippen LogP contribution in [0.15, 0.2) is 48.5 Å². The number of rotatable bonds is 7. The van der Waals surface area contributed by atoms with Gasteiger partial charge in [-0.25, -0.2) is 4.79 Å². The molecule has 0 unspecified atom stereocenters. The molecule has 2 rings (SSSR count). The van der Waals surface area contributed by atoms with E-state index in [2.05, 4.69) is 29.4 Å². The first kappa shape index (κ1) is 21.0. The summed E-state index contributed by atoms with van der Waals surface area (Å²) < 4.78 is 4.90. The van der Waals surface area contributed by atoms with Crippen molar-refractivity contribution < 1.29 is 19.1 Å². The van der Waals surface area contributed by atoms with Crippen LogP contribution in [0, 0.1) is 0 Å². The van der Waals surface area contributed by atoms with Gasteiger partial charge in [0.1, 0.15) is 0 Å². The first-order valence-corrected chi connectivity index (χ1v) is 9.23. The molecular weight excluding hydrogens is 358 g/mol. The quantitative estimate of drug-likeness (QED) is 0.566. The second-order valence-electron chi connectivity index (χ2n) is 5.93. The lowest BCUT2D eigenvalue weighted by atomic mass is 10.2. The normalized spacial score (nSPS) is 10.1. The molecule has 2 amide bonds. The van der Waals surface area contributed by atoms with Gasteiger partial charge in [-0.1, -0.05) is 0 Å². The zero-order chi connectivity index (χ0) is 20.5. The average Bonchev–Trinajstić information content (AvgIpc) is 2.70. The molecule has 2 aromatic carbocycles. The standard InChI is InChI=1S/C21H25N3O4/c1-4-24(5-2)18-13-11-17(12-14-18)23-20(26)19(25)22-16-9-7-15(8-10-16)21(27)28-6-3/h7-14H,4-6H2,1-3H3,(H,22,25)(H,23,26). The summed E-state index contributed by atoms with van der Waals surface area (Å²) in [5, 5.41) is 5.06. The molecule has 0 aliphatic heterocycles. The molecule has 28 heavy (non-hydrogen) atoms. The highest BCUT2D eigenvalue weighted by Gasteiger charge is 2.15. The van der Waals surface area contributed by atoms with Gasteiger partial charge in [-0.15, -0.1) is 0 Å². The van der Waals surface area contributed by atoms with E-state index in [1.807, 2.05) is 12.1 Å². The number of amides is 2. The SMILES string of the molecule is CCOC(=O)c1ccc(NC(=O)C(=O)Nc2ccc(N(CC)CC)cc2)cc1. The molecule has 0 heterocycles. The Morgan fingerprint density at radius 3 is 1.68 bits per heavy atom. The van der Waals surface area contributed by atoms with E-state index in [4.69, 9.17) is 4.74 Å². The molecule has 0 bridgehead atoms. The summed E-state index contributed by atoms with van der Waals surface area (Å²) in [6, 6.07) is 13.4. The van der Waals surface area contributed by atoms with Crippen molar-refractivity contribution in [1.82, 2.24) is 0 Å². The minimum atomic E-state index is -0.795. The highest BCUT2D eigenvalue weighted by Crippen LogP contribution is 2.18. The average molecular weight is 383 g/mol. The van der Waals surface area contributed by atoms with Gasteiger partial charge < -0.3 is 20.3 Å². The maximum atomic E-state index is 12.1. The number of anilines is 3. The van der Waals surface area contributed by atoms with Crippen LogP contribution in [0.4, 0.5) is 17.1 Å². The molecule has 0 fully saturated rings. The van der Waals surface area contributed by atoms with Crippen LogP contribution < -0.4 is 15.5 Å². The van der Waals surface area contributed by atoms with Gasteiger partial charge in [0.15, 0.2) is 0 Å². The molecule has 0 spiro atoms. The van der Waals surface area contributed by atoms with Crippen LogP contribution >= 0.6 is 0 Å². The second kappa shape index (κ2) is 10.1. The van der Waals surface area contributed by atoms with E-state index in [9.17, 15) is 14.4 Å². The van der Waals surface area contributed by atoms with Gasteiger partial charge in [0.05, 0.1) is 12.2 Å². The summed E-state index contributed by atoms with van der Waals surface area (Å²) in [5.41, 5.74) is 2.37. The highest BCUT2D eigenvalue weighted by molar-refractivity contribution is 6.43. The van der Waals surface area contributed by atoms with Gasteiger partial charge in [-0.05, 0) is 69.3 Å². The van der Waals surface area contributed by atoms with E-state index in [0.29, 0.717) is 16.9 Å². The maximum Gasteiger partial charge on any atom is 0.338 e. The molecule has 7 nitrogen and oxygen atoms in total. The number of carbonyl (C=O) groups is 3. The molecule has 0 radical (unpaired) electrons. The molecule has 0 saturated heterocycles. The fourth-order valence-electron chi connectivity index (χ4n) is 2.62. The fourth-order valence-corrected chi connectivity index (χ4v) is 2.62. The Kier molecular flexibility index (Phi) is 7.56. The molecular formula is C21H25N3O4. The second-order valence-corrected chi connectivity index (χ2v) is 5.93. The summed E-state index contributed by atoms with van der Waals surface area (Å²) in [7, 11) is 0. The third-order valence-corrected chi connectivity index (χ3v) is 4.11.